The van der Waals surface area contributed by atoms with E-state index >= 15 is 0 Å². The van der Waals surface area contributed by atoms with E-state index in [9.17, 15) is 4.79 Å². The topological polar surface area (TPSA) is 75.9 Å². The molecule has 3 rings (SSSR count). The molecule has 0 aromatic carbocycles. The SMILES string of the molecule is O=C(Cn1cnnn1)N1CC2CCCNC2C1. The average Bonchev–Trinajstić information content (AvgIpc) is 2.96. The highest BCUT2D eigenvalue weighted by Gasteiger charge is 2.36. The van der Waals surface area contributed by atoms with Crippen LogP contribution in [0.1, 0.15) is 12.8 Å². The minimum Gasteiger partial charge on any atom is -0.339 e. The van der Waals surface area contributed by atoms with Crippen LogP contribution in [-0.4, -0.2) is 56.7 Å². The van der Waals surface area contributed by atoms with Crippen LogP contribution >= 0.6 is 0 Å². The van der Waals surface area contributed by atoms with Gasteiger partial charge in [-0.25, -0.2) is 4.68 Å². The van der Waals surface area contributed by atoms with Crippen LogP contribution in [0.15, 0.2) is 6.33 Å². The third kappa shape index (κ3) is 2.14. The first-order valence-electron chi connectivity index (χ1n) is 6.05. The molecule has 1 amide bonds. The lowest BCUT2D eigenvalue weighted by Gasteiger charge is -2.24. The normalized spacial score (nSPS) is 28.1. The second kappa shape index (κ2) is 4.40. The first-order valence-corrected chi connectivity index (χ1v) is 6.05. The molecule has 2 atom stereocenters. The van der Waals surface area contributed by atoms with Crippen molar-refractivity contribution in [3.05, 3.63) is 6.33 Å². The highest BCUT2D eigenvalue weighted by atomic mass is 16.2. The fraction of sp³-hybridized carbons (Fsp3) is 0.800. The quantitative estimate of drug-likeness (QED) is 0.704. The fourth-order valence-corrected chi connectivity index (χ4v) is 2.74. The number of hydrogen-bond acceptors (Lipinski definition) is 5. The van der Waals surface area contributed by atoms with Crippen molar-refractivity contribution in [3.8, 4) is 0 Å². The molecule has 0 bridgehead atoms. The van der Waals surface area contributed by atoms with E-state index in [0.717, 1.165) is 19.6 Å². The Morgan fingerprint density at radius 3 is 3.18 bits per heavy atom. The van der Waals surface area contributed by atoms with Crippen LogP contribution in [0.3, 0.4) is 0 Å². The molecule has 2 saturated heterocycles. The average molecular weight is 236 g/mol. The predicted octanol–water partition coefficient (Wildman–Crippen LogP) is -1.12. The Hall–Kier alpha value is -1.50. The van der Waals surface area contributed by atoms with E-state index in [4.69, 9.17) is 0 Å². The van der Waals surface area contributed by atoms with Gasteiger partial charge in [0.2, 0.25) is 5.91 Å². The smallest absolute Gasteiger partial charge is 0.244 e. The maximum Gasteiger partial charge on any atom is 0.244 e. The molecular formula is C10H16N6O. The largest absolute Gasteiger partial charge is 0.339 e. The molecule has 2 fully saturated rings. The lowest BCUT2D eigenvalue weighted by molar-refractivity contribution is -0.131. The van der Waals surface area contributed by atoms with E-state index in [-0.39, 0.29) is 12.5 Å². The van der Waals surface area contributed by atoms with Crippen LogP contribution < -0.4 is 5.32 Å². The number of likely N-dealkylation sites (tertiary alicyclic amines) is 1. The predicted molar refractivity (Wildman–Crippen MR) is 58.9 cm³/mol. The molecule has 17 heavy (non-hydrogen) atoms. The Morgan fingerprint density at radius 1 is 1.47 bits per heavy atom. The molecule has 0 radical (unpaired) electrons. The molecule has 3 heterocycles. The Morgan fingerprint density at radius 2 is 2.41 bits per heavy atom. The molecule has 1 aromatic heterocycles. The molecule has 7 heteroatoms. The summed E-state index contributed by atoms with van der Waals surface area (Å²) in [5.41, 5.74) is 0. The van der Waals surface area contributed by atoms with E-state index in [1.54, 1.807) is 0 Å². The zero-order valence-electron chi connectivity index (χ0n) is 9.62. The van der Waals surface area contributed by atoms with Crippen LogP contribution in [0.25, 0.3) is 0 Å². The molecule has 2 unspecified atom stereocenters. The highest BCUT2D eigenvalue weighted by molar-refractivity contribution is 5.76. The van der Waals surface area contributed by atoms with Crippen molar-refractivity contribution in [3.63, 3.8) is 0 Å². The van der Waals surface area contributed by atoms with Gasteiger partial charge in [-0.2, -0.15) is 0 Å². The zero-order valence-corrected chi connectivity index (χ0v) is 9.62. The van der Waals surface area contributed by atoms with Gasteiger partial charge in [0.05, 0.1) is 0 Å². The maximum atomic E-state index is 12.0. The van der Waals surface area contributed by atoms with Gasteiger partial charge in [-0.05, 0) is 35.7 Å². The molecule has 0 spiro atoms. The number of nitrogens with one attached hydrogen (secondary N) is 1. The van der Waals surface area contributed by atoms with Gasteiger partial charge in [0.25, 0.3) is 0 Å². The molecular weight excluding hydrogens is 220 g/mol. The van der Waals surface area contributed by atoms with Gasteiger partial charge in [0.15, 0.2) is 0 Å². The van der Waals surface area contributed by atoms with Crippen LogP contribution in [0.5, 0.6) is 0 Å². The lowest BCUT2D eigenvalue weighted by Crippen LogP contribution is -2.41. The lowest BCUT2D eigenvalue weighted by atomic mass is 9.94. The molecule has 7 nitrogen and oxygen atoms in total. The van der Waals surface area contributed by atoms with E-state index in [1.807, 2.05) is 4.90 Å². The molecule has 1 N–H and O–H groups in total. The van der Waals surface area contributed by atoms with Gasteiger partial charge >= 0.3 is 0 Å². The van der Waals surface area contributed by atoms with Crippen LogP contribution in [-0.2, 0) is 11.3 Å². The van der Waals surface area contributed by atoms with Crippen molar-refractivity contribution in [1.29, 1.82) is 0 Å². The van der Waals surface area contributed by atoms with Gasteiger partial charge in [-0.1, -0.05) is 0 Å². The summed E-state index contributed by atoms with van der Waals surface area (Å²) in [5.74, 6) is 0.732. The second-order valence-electron chi connectivity index (χ2n) is 4.77. The first-order chi connectivity index (χ1) is 8.33. The number of tetrazole rings is 1. The molecule has 1 aromatic rings. The standard InChI is InChI=1S/C10H16N6O/c17-10(6-16-7-12-13-14-16)15-4-8-2-1-3-11-9(8)5-15/h7-9,11H,1-6H2. The van der Waals surface area contributed by atoms with Crippen LogP contribution in [0.2, 0.25) is 0 Å². The number of carbonyl (C=O) groups is 1. The third-order valence-electron chi connectivity index (χ3n) is 3.64. The number of amides is 1. The second-order valence-corrected chi connectivity index (χ2v) is 4.77. The highest BCUT2D eigenvalue weighted by Crippen LogP contribution is 2.24. The molecule has 2 aliphatic heterocycles. The Bertz CT molecular complexity index is 378. The summed E-state index contributed by atoms with van der Waals surface area (Å²) in [5, 5.41) is 14.2. The fourth-order valence-electron chi connectivity index (χ4n) is 2.74. The maximum absolute atomic E-state index is 12.0. The number of nitrogens with zero attached hydrogens (tertiary/aromatic N) is 5. The summed E-state index contributed by atoms with van der Waals surface area (Å²) >= 11 is 0. The number of fused-ring (bicyclic) bond motifs is 1. The van der Waals surface area contributed by atoms with Crippen LogP contribution in [0, 0.1) is 5.92 Å². The summed E-state index contributed by atoms with van der Waals surface area (Å²) in [4.78, 5) is 14.0. The van der Waals surface area contributed by atoms with Crippen molar-refractivity contribution in [2.75, 3.05) is 19.6 Å². The summed E-state index contributed by atoms with van der Waals surface area (Å²) in [6.07, 6.45) is 3.92. The monoisotopic (exact) mass is 236 g/mol. The Labute approximate surface area is 99.2 Å². The van der Waals surface area contributed by atoms with E-state index in [2.05, 4.69) is 20.8 Å². The number of carbonyl (C=O) groups excluding carboxylic acids is 1. The number of aromatic nitrogens is 4. The Kier molecular flexibility index (Phi) is 2.76. The van der Waals surface area contributed by atoms with Crippen molar-refractivity contribution < 1.29 is 4.79 Å². The Balaban J connectivity index is 1.60. The van der Waals surface area contributed by atoms with Crippen molar-refractivity contribution in [2.45, 2.75) is 25.4 Å². The van der Waals surface area contributed by atoms with Gasteiger partial charge < -0.3 is 10.2 Å². The van der Waals surface area contributed by atoms with Gasteiger partial charge in [0, 0.05) is 19.1 Å². The zero-order chi connectivity index (χ0) is 11.7. The number of piperidine rings is 1. The summed E-state index contributed by atoms with van der Waals surface area (Å²) in [6, 6.07) is 0.488. The third-order valence-corrected chi connectivity index (χ3v) is 3.64. The molecule has 0 saturated carbocycles. The summed E-state index contributed by atoms with van der Waals surface area (Å²) in [7, 11) is 0. The summed E-state index contributed by atoms with van der Waals surface area (Å²) < 4.78 is 1.47. The van der Waals surface area contributed by atoms with Gasteiger partial charge in [-0.15, -0.1) is 5.10 Å². The van der Waals surface area contributed by atoms with E-state index < -0.39 is 0 Å². The number of hydrogen-bond donors (Lipinski definition) is 1. The van der Waals surface area contributed by atoms with Crippen molar-refractivity contribution in [2.24, 2.45) is 5.92 Å². The van der Waals surface area contributed by atoms with E-state index in [1.165, 1.54) is 23.9 Å². The van der Waals surface area contributed by atoms with Gasteiger partial charge in [-0.3, -0.25) is 4.79 Å². The summed E-state index contributed by atoms with van der Waals surface area (Å²) in [6.45, 7) is 3.02. The molecule has 92 valence electrons. The van der Waals surface area contributed by atoms with Crippen molar-refractivity contribution in [1.82, 2.24) is 30.4 Å². The molecule has 0 aliphatic carbocycles. The minimum absolute atomic E-state index is 0.105. The number of rotatable bonds is 2. The molecule has 2 aliphatic rings. The van der Waals surface area contributed by atoms with Crippen LogP contribution in [0.4, 0.5) is 0 Å². The van der Waals surface area contributed by atoms with E-state index in [0.29, 0.717) is 12.0 Å². The van der Waals surface area contributed by atoms with Gasteiger partial charge in [0.1, 0.15) is 12.9 Å². The minimum atomic E-state index is 0.105. The first kappa shape index (κ1) is 10.6. The van der Waals surface area contributed by atoms with Crippen molar-refractivity contribution >= 4 is 5.91 Å².